The summed E-state index contributed by atoms with van der Waals surface area (Å²) >= 11 is 0. The van der Waals surface area contributed by atoms with E-state index >= 15 is 0 Å². The summed E-state index contributed by atoms with van der Waals surface area (Å²) in [4.78, 5) is 6.26. The molecule has 0 fully saturated rings. The van der Waals surface area contributed by atoms with Gasteiger partial charge in [-0.05, 0) is 55.3 Å². The summed E-state index contributed by atoms with van der Waals surface area (Å²) < 4.78 is 30.4. The van der Waals surface area contributed by atoms with Gasteiger partial charge in [0.25, 0.3) is 0 Å². The van der Waals surface area contributed by atoms with E-state index in [-0.39, 0.29) is 10.8 Å². The molecule has 0 saturated carbocycles. The lowest BCUT2D eigenvalue weighted by atomic mass is 10.1. The third kappa shape index (κ3) is 5.03. The Hall–Kier alpha value is -3.12. The van der Waals surface area contributed by atoms with Gasteiger partial charge in [-0.2, -0.15) is 8.42 Å². The molecule has 0 aliphatic rings. The molecule has 0 radical (unpaired) electrons. The van der Waals surface area contributed by atoms with E-state index in [9.17, 15) is 8.42 Å². The molecule has 1 heterocycles. The van der Waals surface area contributed by atoms with E-state index in [1.807, 2.05) is 68.4 Å². The van der Waals surface area contributed by atoms with Gasteiger partial charge in [0, 0.05) is 31.5 Å². The van der Waals surface area contributed by atoms with Gasteiger partial charge >= 0.3 is 10.1 Å². The largest absolute Gasteiger partial charge is 0.378 e. The number of pyridine rings is 1. The Labute approximate surface area is 172 Å². The topological polar surface area (TPSA) is 59.5 Å². The summed E-state index contributed by atoms with van der Waals surface area (Å²) in [6.07, 6.45) is 5.44. The highest BCUT2D eigenvalue weighted by molar-refractivity contribution is 7.87. The molecule has 1 aromatic heterocycles. The highest BCUT2D eigenvalue weighted by Gasteiger charge is 2.19. The first-order valence-corrected chi connectivity index (χ1v) is 10.6. The monoisotopic (exact) mass is 408 g/mol. The smallest absolute Gasteiger partial charge is 0.340 e. The van der Waals surface area contributed by atoms with Gasteiger partial charge in [0.15, 0.2) is 0 Å². The number of aromatic nitrogens is 1. The highest BCUT2D eigenvalue weighted by atomic mass is 32.2. The van der Waals surface area contributed by atoms with E-state index in [1.54, 1.807) is 25.3 Å². The quantitative estimate of drug-likeness (QED) is 0.553. The zero-order valence-electron chi connectivity index (χ0n) is 17.0. The van der Waals surface area contributed by atoms with E-state index in [2.05, 4.69) is 4.98 Å². The minimum atomic E-state index is -3.94. The molecule has 3 rings (SSSR count). The summed E-state index contributed by atoms with van der Waals surface area (Å²) in [5.74, 6) is 0.0793. The van der Waals surface area contributed by atoms with E-state index < -0.39 is 10.1 Å². The van der Waals surface area contributed by atoms with Gasteiger partial charge in [-0.25, -0.2) is 4.98 Å². The first kappa shape index (κ1) is 20.6. The van der Waals surface area contributed by atoms with Crippen molar-refractivity contribution < 1.29 is 12.6 Å². The molecule has 3 aromatic rings. The van der Waals surface area contributed by atoms with Gasteiger partial charge in [-0.3, -0.25) is 0 Å². The normalized spacial score (nSPS) is 11.6. The Morgan fingerprint density at radius 1 is 0.897 bits per heavy atom. The summed E-state index contributed by atoms with van der Waals surface area (Å²) in [6, 6.07) is 16.5. The molecule has 0 amide bonds. The molecule has 2 aromatic carbocycles. The lowest BCUT2D eigenvalue weighted by Gasteiger charge is -2.12. The predicted molar refractivity (Wildman–Crippen MR) is 118 cm³/mol. The van der Waals surface area contributed by atoms with Crippen molar-refractivity contribution in [3.05, 3.63) is 83.0 Å². The Bertz CT molecular complexity index is 1120. The van der Waals surface area contributed by atoms with Crippen LogP contribution in [0.1, 0.15) is 22.3 Å². The third-order valence-corrected chi connectivity index (χ3v) is 5.79. The van der Waals surface area contributed by atoms with Crippen LogP contribution in [0.5, 0.6) is 5.88 Å². The van der Waals surface area contributed by atoms with Crippen LogP contribution >= 0.6 is 0 Å². The molecule has 0 spiro atoms. The molecule has 150 valence electrons. The molecular weight excluding hydrogens is 384 g/mol. The molecule has 0 N–H and O–H groups in total. The molecule has 0 unspecified atom stereocenters. The number of aryl methyl sites for hydroxylation is 1. The molecule has 0 aliphatic heterocycles. The van der Waals surface area contributed by atoms with Crippen LogP contribution in [0.25, 0.3) is 12.2 Å². The fraction of sp³-hybridized carbons (Fsp3) is 0.174. The Morgan fingerprint density at radius 3 is 2.17 bits per heavy atom. The lowest BCUT2D eigenvalue weighted by molar-refractivity contribution is 0.473. The summed E-state index contributed by atoms with van der Waals surface area (Å²) in [5, 5.41) is 0. The Morgan fingerprint density at radius 2 is 1.55 bits per heavy atom. The van der Waals surface area contributed by atoms with Crippen molar-refractivity contribution in [2.75, 3.05) is 19.0 Å². The summed E-state index contributed by atoms with van der Waals surface area (Å²) in [6.45, 7) is 3.69. The number of rotatable bonds is 6. The second-order valence-electron chi connectivity index (χ2n) is 7.00. The van der Waals surface area contributed by atoms with Crippen molar-refractivity contribution in [2.45, 2.75) is 18.7 Å². The summed E-state index contributed by atoms with van der Waals surface area (Å²) in [5.41, 5.74) is 4.64. The average molecular weight is 409 g/mol. The maximum absolute atomic E-state index is 12.6. The van der Waals surface area contributed by atoms with Gasteiger partial charge in [-0.15, -0.1) is 0 Å². The fourth-order valence-corrected chi connectivity index (χ4v) is 3.66. The van der Waals surface area contributed by atoms with Gasteiger partial charge in [0.05, 0.1) is 0 Å². The van der Waals surface area contributed by atoms with Crippen LogP contribution in [0, 0.1) is 13.8 Å². The molecule has 5 nitrogen and oxygen atoms in total. The first-order valence-electron chi connectivity index (χ1n) is 9.18. The standard InChI is InChI=1S/C23H24N2O3S/c1-17-5-13-22(14-6-17)29(26,27)28-23-18(2)20(15-16-24-23)10-7-19-8-11-21(12-9-19)25(3)4/h5-16H,1-4H3. The average Bonchev–Trinajstić information content (AvgIpc) is 2.69. The van der Waals surface area contributed by atoms with Crippen molar-refractivity contribution in [3.8, 4) is 5.88 Å². The third-order valence-electron chi connectivity index (χ3n) is 4.56. The number of hydrogen-bond acceptors (Lipinski definition) is 5. The number of anilines is 1. The lowest BCUT2D eigenvalue weighted by Crippen LogP contribution is -2.11. The zero-order valence-corrected chi connectivity index (χ0v) is 17.8. The van der Waals surface area contributed by atoms with Crippen LogP contribution in [0.2, 0.25) is 0 Å². The molecule has 0 bridgehead atoms. The van der Waals surface area contributed by atoms with Gasteiger partial charge in [-0.1, -0.05) is 42.0 Å². The second kappa shape index (κ2) is 8.49. The van der Waals surface area contributed by atoms with Crippen molar-refractivity contribution in [1.29, 1.82) is 0 Å². The molecule has 29 heavy (non-hydrogen) atoms. The first-order chi connectivity index (χ1) is 13.8. The van der Waals surface area contributed by atoms with Crippen molar-refractivity contribution in [3.63, 3.8) is 0 Å². The fourth-order valence-electron chi connectivity index (χ4n) is 2.72. The maximum Gasteiger partial charge on any atom is 0.340 e. The van der Waals surface area contributed by atoms with Gasteiger partial charge < -0.3 is 9.08 Å². The Balaban J connectivity index is 1.83. The van der Waals surface area contributed by atoms with Crippen LogP contribution in [0.15, 0.2) is 65.7 Å². The van der Waals surface area contributed by atoms with E-state index in [0.717, 1.165) is 22.4 Å². The van der Waals surface area contributed by atoms with Crippen LogP contribution in [-0.4, -0.2) is 27.5 Å². The number of hydrogen-bond donors (Lipinski definition) is 0. The minimum absolute atomic E-state index is 0.0793. The molecular formula is C23H24N2O3S. The van der Waals surface area contributed by atoms with Crippen LogP contribution < -0.4 is 9.08 Å². The van der Waals surface area contributed by atoms with Crippen LogP contribution in [0.4, 0.5) is 5.69 Å². The molecule has 0 atom stereocenters. The molecule has 0 aliphatic carbocycles. The number of nitrogens with zero attached hydrogens (tertiary/aromatic N) is 2. The SMILES string of the molecule is Cc1ccc(S(=O)(=O)Oc2nccc(C=Cc3ccc(N(C)C)cc3)c2C)cc1. The van der Waals surface area contributed by atoms with Gasteiger partial charge in [0.2, 0.25) is 5.88 Å². The maximum atomic E-state index is 12.6. The minimum Gasteiger partial charge on any atom is -0.378 e. The van der Waals surface area contributed by atoms with Crippen molar-refractivity contribution >= 4 is 28.0 Å². The van der Waals surface area contributed by atoms with Crippen LogP contribution in [-0.2, 0) is 10.1 Å². The molecule has 0 saturated heterocycles. The van der Waals surface area contributed by atoms with E-state index in [1.165, 1.54) is 12.1 Å². The Kier molecular flexibility index (Phi) is 6.03. The highest BCUT2D eigenvalue weighted by Crippen LogP contribution is 2.24. The van der Waals surface area contributed by atoms with Crippen molar-refractivity contribution in [2.24, 2.45) is 0 Å². The second-order valence-corrected chi connectivity index (χ2v) is 8.55. The number of benzene rings is 2. The zero-order chi connectivity index (χ0) is 21.0. The predicted octanol–water partition coefficient (Wildman–Crippen LogP) is 4.70. The summed E-state index contributed by atoms with van der Waals surface area (Å²) in [7, 11) is 0.0541. The van der Waals surface area contributed by atoms with E-state index in [4.69, 9.17) is 4.18 Å². The van der Waals surface area contributed by atoms with Crippen LogP contribution in [0.3, 0.4) is 0 Å². The van der Waals surface area contributed by atoms with E-state index in [0.29, 0.717) is 5.56 Å². The molecule has 6 heteroatoms. The van der Waals surface area contributed by atoms with Crippen molar-refractivity contribution in [1.82, 2.24) is 4.98 Å². The van der Waals surface area contributed by atoms with Gasteiger partial charge in [0.1, 0.15) is 4.90 Å².